The highest BCUT2D eigenvalue weighted by molar-refractivity contribution is 7.15. The van der Waals surface area contributed by atoms with Gasteiger partial charge in [-0.1, -0.05) is 23.7 Å². The molecule has 3 aromatic rings. The Balaban J connectivity index is 1.54. The van der Waals surface area contributed by atoms with Crippen LogP contribution in [0, 0.1) is 6.92 Å². The number of cyclic esters (lactones) is 1. The summed E-state index contributed by atoms with van der Waals surface area (Å²) in [5, 5.41) is 14.9. The van der Waals surface area contributed by atoms with Crippen LogP contribution in [0.5, 0.6) is 0 Å². The molecule has 0 bridgehead atoms. The van der Waals surface area contributed by atoms with Crippen LogP contribution in [0.4, 0.5) is 16.6 Å². The second-order valence-corrected chi connectivity index (χ2v) is 8.89. The van der Waals surface area contributed by atoms with Gasteiger partial charge in [0.2, 0.25) is 5.95 Å². The minimum Gasteiger partial charge on any atom is -0.447 e. The molecular weight excluding hydrogens is 438 g/mol. The van der Waals surface area contributed by atoms with Crippen molar-refractivity contribution in [2.24, 2.45) is 0 Å². The van der Waals surface area contributed by atoms with Crippen molar-refractivity contribution in [3.05, 3.63) is 52.1 Å². The van der Waals surface area contributed by atoms with Crippen LogP contribution < -0.4 is 10.2 Å². The quantitative estimate of drug-likeness (QED) is 0.561. The molecule has 1 saturated heterocycles. The molecule has 0 saturated carbocycles. The van der Waals surface area contributed by atoms with E-state index >= 15 is 0 Å². The molecular formula is C21H22ClN5O3S. The van der Waals surface area contributed by atoms with Crippen molar-refractivity contribution < 1.29 is 14.6 Å². The van der Waals surface area contributed by atoms with Crippen LogP contribution in [0.3, 0.4) is 0 Å². The summed E-state index contributed by atoms with van der Waals surface area (Å²) in [7, 11) is 0. The normalized spacial score (nSPS) is 18.0. The van der Waals surface area contributed by atoms with Gasteiger partial charge in [-0.25, -0.2) is 14.8 Å². The van der Waals surface area contributed by atoms with Gasteiger partial charge >= 0.3 is 6.09 Å². The first kappa shape index (κ1) is 21.5. The Morgan fingerprint density at radius 1 is 1.29 bits per heavy atom. The minimum absolute atomic E-state index is 0.105. The zero-order chi connectivity index (χ0) is 22.1. The number of carbonyl (C=O) groups is 1. The maximum Gasteiger partial charge on any atom is 0.416 e. The molecule has 1 aromatic carbocycles. The van der Waals surface area contributed by atoms with Gasteiger partial charge in [0, 0.05) is 33.4 Å². The third kappa shape index (κ3) is 4.63. The minimum atomic E-state index is -0.750. The first-order chi connectivity index (χ1) is 14.8. The number of aromatic nitrogens is 3. The SMILES string of the molecule is Cc1cc(N2C(=O)OCC2[C@@H](C)O)nc(N[C@@H](C)c2cnc(-c3ccc(Cl)cc3)s2)n1. The number of anilines is 2. The number of benzene rings is 1. The van der Waals surface area contributed by atoms with Crippen molar-refractivity contribution in [3.8, 4) is 10.6 Å². The van der Waals surface area contributed by atoms with Crippen LogP contribution in [0.25, 0.3) is 10.6 Å². The number of thiazole rings is 1. The lowest BCUT2D eigenvalue weighted by atomic mass is 10.2. The predicted octanol–water partition coefficient (Wildman–Crippen LogP) is 4.44. The Hall–Kier alpha value is -2.75. The van der Waals surface area contributed by atoms with E-state index in [1.165, 1.54) is 4.90 Å². The highest BCUT2D eigenvalue weighted by Crippen LogP contribution is 2.31. The van der Waals surface area contributed by atoms with E-state index in [4.69, 9.17) is 16.3 Å². The van der Waals surface area contributed by atoms with Crippen molar-refractivity contribution in [2.45, 2.75) is 39.0 Å². The smallest absolute Gasteiger partial charge is 0.416 e. The lowest BCUT2D eigenvalue weighted by Gasteiger charge is -2.23. The van der Waals surface area contributed by atoms with E-state index < -0.39 is 18.2 Å². The molecule has 1 fully saturated rings. The molecule has 1 aliphatic heterocycles. The topological polar surface area (TPSA) is 100 Å². The van der Waals surface area contributed by atoms with Gasteiger partial charge in [0.05, 0.1) is 12.1 Å². The van der Waals surface area contributed by atoms with Crippen molar-refractivity contribution >= 4 is 40.8 Å². The second-order valence-electron chi connectivity index (χ2n) is 7.39. The molecule has 3 heterocycles. The summed E-state index contributed by atoms with van der Waals surface area (Å²) >= 11 is 7.53. The third-order valence-corrected chi connectivity index (χ3v) is 6.42. The van der Waals surface area contributed by atoms with Crippen LogP contribution >= 0.6 is 22.9 Å². The molecule has 2 N–H and O–H groups in total. The van der Waals surface area contributed by atoms with Gasteiger partial charge in [0.1, 0.15) is 23.5 Å². The summed E-state index contributed by atoms with van der Waals surface area (Å²) in [5.41, 5.74) is 1.69. The molecule has 0 spiro atoms. The van der Waals surface area contributed by atoms with Gasteiger partial charge in [0.25, 0.3) is 0 Å². The average molecular weight is 460 g/mol. The van der Waals surface area contributed by atoms with Gasteiger partial charge in [0.15, 0.2) is 0 Å². The van der Waals surface area contributed by atoms with Gasteiger partial charge in [-0.2, -0.15) is 4.98 Å². The molecule has 1 aliphatic rings. The number of aryl methyl sites for hydroxylation is 1. The third-order valence-electron chi connectivity index (χ3n) is 4.94. The fraction of sp³-hybridized carbons (Fsp3) is 0.333. The molecule has 31 heavy (non-hydrogen) atoms. The second kappa shape index (κ2) is 8.78. The number of hydrogen-bond acceptors (Lipinski definition) is 8. The van der Waals surface area contributed by atoms with Gasteiger partial charge < -0.3 is 15.2 Å². The molecule has 0 aliphatic carbocycles. The number of amides is 1. The predicted molar refractivity (Wildman–Crippen MR) is 121 cm³/mol. The van der Waals surface area contributed by atoms with Gasteiger partial charge in [-0.3, -0.25) is 4.90 Å². The number of nitrogens with one attached hydrogen (secondary N) is 1. The number of carbonyl (C=O) groups excluding carboxylic acids is 1. The molecule has 4 rings (SSSR count). The summed E-state index contributed by atoms with van der Waals surface area (Å²) < 4.78 is 5.11. The maximum atomic E-state index is 12.2. The fourth-order valence-electron chi connectivity index (χ4n) is 3.27. The Kier molecular flexibility index (Phi) is 6.08. The van der Waals surface area contributed by atoms with Crippen molar-refractivity contribution in [3.63, 3.8) is 0 Å². The molecule has 3 atom stereocenters. The fourth-order valence-corrected chi connectivity index (χ4v) is 4.32. The highest BCUT2D eigenvalue weighted by atomic mass is 35.5. The van der Waals surface area contributed by atoms with Crippen molar-refractivity contribution in [1.82, 2.24) is 15.0 Å². The molecule has 10 heteroatoms. The molecule has 0 radical (unpaired) electrons. The highest BCUT2D eigenvalue weighted by Gasteiger charge is 2.38. The van der Waals surface area contributed by atoms with E-state index in [0.29, 0.717) is 22.5 Å². The lowest BCUT2D eigenvalue weighted by Crippen LogP contribution is -2.41. The summed E-state index contributed by atoms with van der Waals surface area (Å²) in [6.45, 7) is 5.56. The Morgan fingerprint density at radius 3 is 2.74 bits per heavy atom. The Labute approximate surface area is 188 Å². The van der Waals surface area contributed by atoms with Gasteiger partial charge in [-0.15, -0.1) is 11.3 Å². The van der Waals surface area contributed by atoms with Crippen molar-refractivity contribution in [2.75, 3.05) is 16.8 Å². The van der Waals surface area contributed by atoms with Crippen LogP contribution in [0.2, 0.25) is 5.02 Å². The first-order valence-electron chi connectivity index (χ1n) is 9.80. The number of halogens is 1. The molecule has 162 valence electrons. The van der Waals surface area contributed by atoms with E-state index in [2.05, 4.69) is 20.3 Å². The Bertz CT molecular complexity index is 1090. The van der Waals surface area contributed by atoms with E-state index in [9.17, 15) is 9.90 Å². The van der Waals surface area contributed by atoms with E-state index in [1.54, 1.807) is 24.3 Å². The van der Waals surface area contributed by atoms with Crippen LogP contribution in [-0.2, 0) is 4.74 Å². The molecule has 2 aromatic heterocycles. The number of hydrogen-bond donors (Lipinski definition) is 2. The zero-order valence-corrected chi connectivity index (χ0v) is 18.8. The number of ether oxygens (including phenoxy) is 1. The summed E-state index contributed by atoms with van der Waals surface area (Å²) in [5.74, 6) is 0.773. The van der Waals surface area contributed by atoms with Crippen molar-refractivity contribution in [1.29, 1.82) is 0 Å². The van der Waals surface area contributed by atoms with E-state index in [1.807, 2.05) is 44.3 Å². The summed E-state index contributed by atoms with van der Waals surface area (Å²) in [6, 6.07) is 8.65. The maximum absolute atomic E-state index is 12.2. The van der Waals surface area contributed by atoms with Crippen LogP contribution in [0.15, 0.2) is 36.5 Å². The molecule has 8 nitrogen and oxygen atoms in total. The molecule has 1 amide bonds. The Morgan fingerprint density at radius 2 is 2.03 bits per heavy atom. The van der Waals surface area contributed by atoms with Gasteiger partial charge in [-0.05, 0) is 32.9 Å². The standard InChI is InChI=1S/C21H22ClN5O3S/c1-11-8-18(27-16(13(3)28)10-30-21(27)29)26-20(24-11)25-12(2)17-9-23-19(31-17)14-4-6-15(22)7-5-14/h4-9,12-13,16,28H,10H2,1-3H3,(H,24,25,26)/t12-,13+,16?/m0/s1. The largest absolute Gasteiger partial charge is 0.447 e. The number of aliphatic hydroxyl groups excluding tert-OH is 1. The molecule has 1 unspecified atom stereocenters. The number of aliphatic hydroxyl groups is 1. The summed E-state index contributed by atoms with van der Waals surface area (Å²) in [6.07, 6.45) is 0.545. The van der Waals surface area contributed by atoms with E-state index in [0.717, 1.165) is 15.4 Å². The first-order valence-corrected chi connectivity index (χ1v) is 11.0. The summed E-state index contributed by atoms with van der Waals surface area (Å²) in [4.78, 5) is 28.1. The van der Waals surface area contributed by atoms with Crippen LogP contribution in [-0.4, -0.2) is 44.9 Å². The average Bonchev–Trinajstić information content (AvgIpc) is 3.35. The lowest BCUT2D eigenvalue weighted by molar-refractivity contribution is 0.142. The van der Waals surface area contributed by atoms with Crippen LogP contribution in [0.1, 0.15) is 30.5 Å². The number of rotatable bonds is 6. The van der Waals surface area contributed by atoms with E-state index in [-0.39, 0.29) is 12.6 Å². The number of nitrogens with zero attached hydrogens (tertiary/aromatic N) is 4. The zero-order valence-electron chi connectivity index (χ0n) is 17.2. The monoisotopic (exact) mass is 459 g/mol.